The molecule has 20 heavy (non-hydrogen) atoms. The molecule has 0 radical (unpaired) electrons. The van der Waals surface area contributed by atoms with Crippen LogP contribution >= 0.6 is 11.8 Å². The molecule has 5 heteroatoms. The van der Waals surface area contributed by atoms with Gasteiger partial charge in [0, 0.05) is 4.75 Å². The molecule has 0 aliphatic carbocycles. The van der Waals surface area contributed by atoms with Crippen LogP contribution in [0.4, 0.5) is 0 Å². The van der Waals surface area contributed by atoms with Crippen LogP contribution in [0.1, 0.15) is 39.6 Å². The summed E-state index contributed by atoms with van der Waals surface area (Å²) in [6, 6.07) is 7.74. The number of aromatic amines is 1. The summed E-state index contributed by atoms with van der Waals surface area (Å²) in [6.07, 6.45) is 0. The molecule has 108 valence electrons. The van der Waals surface area contributed by atoms with E-state index in [0.717, 1.165) is 16.9 Å². The molecule has 0 bridgehead atoms. The Morgan fingerprint density at radius 1 is 1.40 bits per heavy atom. The van der Waals surface area contributed by atoms with E-state index in [0.29, 0.717) is 5.75 Å². The Morgan fingerprint density at radius 3 is 2.75 bits per heavy atom. The van der Waals surface area contributed by atoms with E-state index in [1.807, 2.05) is 31.2 Å². The molecule has 0 aliphatic rings. The van der Waals surface area contributed by atoms with E-state index < -0.39 is 0 Å². The minimum atomic E-state index is -0.115. The van der Waals surface area contributed by atoms with Gasteiger partial charge in [-0.1, -0.05) is 32.9 Å². The number of thioether (sulfide) groups is 1. The highest BCUT2D eigenvalue weighted by Gasteiger charge is 2.16. The molecular formula is C15H21N3OS. The fraction of sp³-hybridized carbons (Fsp3) is 0.467. The smallest absolute Gasteiger partial charge is 0.230 e. The van der Waals surface area contributed by atoms with Gasteiger partial charge in [0.15, 0.2) is 0 Å². The average Bonchev–Trinajstić information content (AvgIpc) is 2.79. The van der Waals surface area contributed by atoms with Gasteiger partial charge in [-0.2, -0.15) is 0 Å². The molecule has 1 unspecified atom stereocenters. The number of carbonyl (C=O) groups excluding carboxylic acids is 1. The fourth-order valence-corrected chi connectivity index (χ4v) is 2.46. The Labute approximate surface area is 123 Å². The van der Waals surface area contributed by atoms with Crippen molar-refractivity contribution in [3.8, 4) is 0 Å². The number of imidazole rings is 1. The number of nitrogens with zero attached hydrogens (tertiary/aromatic N) is 1. The molecule has 0 saturated carbocycles. The Morgan fingerprint density at radius 2 is 2.10 bits per heavy atom. The molecule has 4 nitrogen and oxygen atoms in total. The molecule has 0 saturated heterocycles. The van der Waals surface area contributed by atoms with E-state index in [1.165, 1.54) is 0 Å². The second-order valence-corrected chi connectivity index (χ2v) is 7.63. The first-order chi connectivity index (χ1) is 9.35. The summed E-state index contributed by atoms with van der Waals surface area (Å²) in [4.78, 5) is 19.7. The van der Waals surface area contributed by atoms with Crippen molar-refractivity contribution in [3.63, 3.8) is 0 Å². The normalized spacial score (nSPS) is 13.4. The Balaban J connectivity index is 1.97. The first-order valence-electron chi connectivity index (χ1n) is 6.73. The molecule has 1 amide bonds. The summed E-state index contributed by atoms with van der Waals surface area (Å²) >= 11 is 1.64. The molecule has 0 aliphatic heterocycles. The van der Waals surface area contributed by atoms with Gasteiger partial charge in [0.05, 0.1) is 22.8 Å². The zero-order valence-corrected chi connectivity index (χ0v) is 13.2. The predicted molar refractivity (Wildman–Crippen MR) is 84.9 cm³/mol. The number of amides is 1. The lowest BCUT2D eigenvalue weighted by Gasteiger charge is -2.18. The molecule has 1 atom stereocenters. The van der Waals surface area contributed by atoms with Gasteiger partial charge in [-0.15, -0.1) is 11.8 Å². The standard InChI is InChI=1S/C15H21N3OS/c1-10(16-13(19)9-20-15(2,3)4)14-17-11-7-5-6-8-12(11)18-14/h5-8,10H,9H2,1-4H3,(H,16,19)(H,17,18). The van der Waals surface area contributed by atoms with Gasteiger partial charge < -0.3 is 10.3 Å². The molecule has 2 rings (SSSR count). The van der Waals surface area contributed by atoms with Gasteiger partial charge in [-0.3, -0.25) is 4.79 Å². The van der Waals surface area contributed by atoms with E-state index in [1.54, 1.807) is 11.8 Å². The van der Waals surface area contributed by atoms with Gasteiger partial charge >= 0.3 is 0 Å². The predicted octanol–water partition coefficient (Wildman–Crippen LogP) is 3.27. The molecule has 1 aromatic carbocycles. The van der Waals surface area contributed by atoms with Crippen molar-refractivity contribution in [1.29, 1.82) is 0 Å². The van der Waals surface area contributed by atoms with Gasteiger partial charge in [-0.05, 0) is 19.1 Å². The van der Waals surface area contributed by atoms with Crippen molar-refractivity contribution >= 4 is 28.7 Å². The van der Waals surface area contributed by atoms with Crippen LogP contribution in [0, 0.1) is 0 Å². The molecule has 1 aromatic heterocycles. The van der Waals surface area contributed by atoms with Crippen LogP contribution in [0.25, 0.3) is 11.0 Å². The summed E-state index contributed by atoms with van der Waals surface area (Å²) in [5.74, 6) is 1.30. The number of carbonyl (C=O) groups is 1. The molecule has 2 N–H and O–H groups in total. The number of nitrogens with one attached hydrogen (secondary N) is 2. The van der Waals surface area contributed by atoms with E-state index in [-0.39, 0.29) is 16.7 Å². The largest absolute Gasteiger partial charge is 0.346 e. The summed E-state index contributed by atoms with van der Waals surface area (Å²) in [5.41, 5.74) is 1.92. The Bertz CT molecular complexity index is 567. The minimum absolute atomic E-state index is 0.0397. The van der Waals surface area contributed by atoms with Gasteiger partial charge in [0.2, 0.25) is 5.91 Å². The third-order valence-electron chi connectivity index (χ3n) is 2.83. The summed E-state index contributed by atoms with van der Waals surface area (Å²) in [5, 5.41) is 2.98. The van der Waals surface area contributed by atoms with Crippen LogP contribution in [0.15, 0.2) is 24.3 Å². The van der Waals surface area contributed by atoms with Crippen molar-refractivity contribution in [3.05, 3.63) is 30.1 Å². The Kier molecular flexibility index (Phi) is 4.38. The molecule has 0 spiro atoms. The van der Waals surface area contributed by atoms with Crippen molar-refractivity contribution in [2.75, 3.05) is 5.75 Å². The number of aromatic nitrogens is 2. The summed E-state index contributed by atoms with van der Waals surface area (Å²) in [7, 11) is 0. The van der Waals surface area contributed by atoms with Crippen molar-refractivity contribution in [1.82, 2.24) is 15.3 Å². The minimum Gasteiger partial charge on any atom is -0.346 e. The summed E-state index contributed by atoms with van der Waals surface area (Å²) in [6.45, 7) is 8.26. The molecule has 1 heterocycles. The molecular weight excluding hydrogens is 270 g/mol. The maximum atomic E-state index is 11.9. The second kappa shape index (κ2) is 5.87. The lowest BCUT2D eigenvalue weighted by molar-refractivity contribution is -0.119. The SMILES string of the molecule is CC(NC(=O)CSC(C)(C)C)c1nc2ccccc2[nH]1. The molecule has 0 fully saturated rings. The Hall–Kier alpha value is -1.49. The topological polar surface area (TPSA) is 57.8 Å². The van der Waals surface area contributed by atoms with Crippen LogP contribution < -0.4 is 5.32 Å². The maximum absolute atomic E-state index is 11.9. The zero-order valence-electron chi connectivity index (χ0n) is 12.4. The third-order valence-corrected chi connectivity index (χ3v) is 4.10. The number of hydrogen-bond acceptors (Lipinski definition) is 3. The van der Waals surface area contributed by atoms with Crippen molar-refractivity contribution in [2.45, 2.75) is 38.5 Å². The zero-order chi connectivity index (χ0) is 14.8. The first kappa shape index (κ1) is 14.9. The third kappa shape index (κ3) is 4.00. The van der Waals surface area contributed by atoms with Crippen molar-refractivity contribution < 1.29 is 4.79 Å². The van der Waals surface area contributed by atoms with E-state index in [9.17, 15) is 4.79 Å². The van der Waals surface area contributed by atoms with E-state index >= 15 is 0 Å². The number of benzene rings is 1. The van der Waals surface area contributed by atoms with Gasteiger partial charge in [0.1, 0.15) is 5.82 Å². The van der Waals surface area contributed by atoms with E-state index in [2.05, 4.69) is 36.1 Å². The number of fused-ring (bicyclic) bond motifs is 1. The lowest BCUT2D eigenvalue weighted by Crippen LogP contribution is -2.30. The monoisotopic (exact) mass is 291 g/mol. The first-order valence-corrected chi connectivity index (χ1v) is 7.72. The van der Waals surface area contributed by atoms with Crippen LogP contribution in [-0.4, -0.2) is 26.4 Å². The fourth-order valence-electron chi connectivity index (χ4n) is 1.81. The lowest BCUT2D eigenvalue weighted by atomic mass is 10.3. The number of para-hydroxylation sites is 2. The highest BCUT2D eigenvalue weighted by atomic mass is 32.2. The van der Waals surface area contributed by atoms with Gasteiger partial charge in [-0.25, -0.2) is 4.98 Å². The van der Waals surface area contributed by atoms with Crippen LogP contribution in [-0.2, 0) is 4.79 Å². The maximum Gasteiger partial charge on any atom is 0.230 e. The average molecular weight is 291 g/mol. The molecule has 2 aromatic rings. The number of H-pyrrole nitrogens is 1. The van der Waals surface area contributed by atoms with Crippen molar-refractivity contribution in [2.24, 2.45) is 0 Å². The summed E-state index contributed by atoms with van der Waals surface area (Å²) < 4.78 is 0.0972. The highest BCUT2D eigenvalue weighted by molar-refractivity contribution is 8.01. The van der Waals surface area contributed by atoms with Crippen LogP contribution in [0.5, 0.6) is 0 Å². The quantitative estimate of drug-likeness (QED) is 0.909. The van der Waals surface area contributed by atoms with Gasteiger partial charge in [0.25, 0.3) is 0 Å². The van der Waals surface area contributed by atoms with Crippen LogP contribution in [0.3, 0.4) is 0 Å². The number of rotatable bonds is 4. The second-order valence-electron chi connectivity index (χ2n) is 5.83. The van der Waals surface area contributed by atoms with Crippen LogP contribution in [0.2, 0.25) is 0 Å². The highest BCUT2D eigenvalue weighted by Crippen LogP contribution is 2.23. The number of hydrogen-bond donors (Lipinski definition) is 2. The van der Waals surface area contributed by atoms with E-state index in [4.69, 9.17) is 0 Å².